The summed E-state index contributed by atoms with van der Waals surface area (Å²) < 4.78 is 45.3. The van der Waals surface area contributed by atoms with E-state index in [1.165, 1.54) is 0 Å². The summed E-state index contributed by atoms with van der Waals surface area (Å²) in [4.78, 5) is 11.3. The second kappa shape index (κ2) is 8.63. The molecule has 0 radical (unpaired) electrons. The number of halogens is 3. The first-order chi connectivity index (χ1) is 10.3. The molecule has 0 spiro atoms. The van der Waals surface area contributed by atoms with Crippen molar-refractivity contribution in [2.45, 2.75) is 26.6 Å². The number of rotatable bonds is 8. The Morgan fingerprint density at radius 1 is 1.23 bits per heavy atom. The van der Waals surface area contributed by atoms with E-state index in [9.17, 15) is 18.0 Å². The van der Waals surface area contributed by atoms with Gasteiger partial charge in [0.15, 0.2) is 0 Å². The number of alkyl halides is 3. The standard InChI is InChI=1S/C15H20F3NO3/c1-11(2)8-22-13-5-3-12(4-6-13)7-19-14(20)9-21-10-15(16,17)18/h3-6,11H,7-10H2,1-2H3,(H,19,20). The van der Waals surface area contributed by atoms with Crippen molar-refractivity contribution in [1.29, 1.82) is 0 Å². The number of nitrogens with one attached hydrogen (secondary N) is 1. The Bertz CT molecular complexity index is 458. The summed E-state index contributed by atoms with van der Waals surface area (Å²) in [6, 6.07) is 7.13. The topological polar surface area (TPSA) is 47.6 Å². The maximum Gasteiger partial charge on any atom is 0.411 e. The SMILES string of the molecule is CC(C)COc1ccc(CNC(=O)COCC(F)(F)F)cc1. The van der Waals surface area contributed by atoms with Crippen molar-refractivity contribution in [2.24, 2.45) is 5.92 Å². The molecule has 1 amide bonds. The molecule has 1 rings (SSSR count). The van der Waals surface area contributed by atoms with Gasteiger partial charge in [0.25, 0.3) is 0 Å². The Hall–Kier alpha value is -1.76. The lowest BCUT2D eigenvalue weighted by molar-refractivity contribution is -0.175. The first-order valence-electron chi connectivity index (χ1n) is 6.89. The molecule has 0 aromatic heterocycles. The largest absolute Gasteiger partial charge is 0.493 e. The number of hydrogen-bond acceptors (Lipinski definition) is 3. The Kier molecular flexibility index (Phi) is 7.17. The van der Waals surface area contributed by atoms with Crippen molar-refractivity contribution in [3.05, 3.63) is 29.8 Å². The third kappa shape index (κ3) is 8.51. The summed E-state index contributed by atoms with van der Waals surface area (Å²) in [6.45, 7) is 2.89. The van der Waals surface area contributed by atoms with Crippen LogP contribution in [0.25, 0.3) is 0 Å². The molecule has 7 heteroatoms. The van der Waals surface area contributed by atoms with E-state index >= 15 is 0 Å². The van der Waals surface area contributed by atoms with Crippen LogP contribution in [0.15, 0.2) is 24.3 Å². The average Bonchev–Trinajstić information content (AvgIpc) is 2.42. The predicted molar refractivity (Wildman–Crippen MR) is 75.5 cm³/mol. The van der Waals surface area contributed by atoms with E-state index in [-0.39, 0.29) is 6.54 Å². The molecule has 0 aliphatic heterocycles. The van der Waals surface area contributed by atoms with E-state index in [0.717, 1.165) is 11.3 Å². The van der Waals surface area contributed by atoms with Crippen LogP contribution in [0.4, 0.5) is 13.2 Å². The molecular formula is C15H20F3NO3. The smallest absolute Gasteiger partial charge is 0.411 e. The van der Waals surface area contributed by atoms with Gasteiger partial charge >= 0.3 is 6.18 Å². The van der Waals surface area contributed by atoms with E-state index in [0.29, 0.717) is 12.5 Å². The Morgan fingerprint density at radius 3 is 2.41 bits per heavy atom. The van der Waals surface area contributed by atoms with Crippen LogP contribution in [-0.2, 0) is 16.1 Å². The number of benzene rings is 1. The predicted octanol–water partition coefficient (Wildman–Crippen LogP) is 2.92. The van der Waals surface area contributed by atoms with Crippen molar-refractivity contribution in [2.75, 3.05) is 19.8 Å². The maximum atomic E-state index is 11.8. The van der Waals surface area contributed by atoms with Crippen LogP contribution in [0.5, 0.6) is 5.75 Å². The monoisotopic (exact) mass is 319 g/mol. The van der Waals surface area contributed by atoms with E-state index in [1.54, 1.807) is 24.3 Å². The van der Waals surface area contributed by atoms with Gasteiger partial charge in [-0.15, -0.1) is 0 Å². The van der Waals surface area contributed by atoms with Gasteiger partial charge < -0.3 is 14.8 Å². The lowest BCUT2D eigenvalue weighted by Gasteiger charge is -2.10. The summed E-state index contributed by atoms with van der Waals surface area (Å²) in [5.74, 6) is 0.567. The quantitative estimate of drug-likeness (QED) is 0.801. The van der Waals surface area contributed by atoms with Gasteiger partial charge in [0.2, 0.25) is 5.91 Å². The molecule has 1 aromatic rings. The average molecular weight is 319 g/mol. The molecule has 22 heavy (non-hydrogen) atoms. The van der Waals surface area contributed by atoms with Gasteiger partial charge in [-0.3, -0.25) is 4.79 Å². The second-order valence-corrected chi connectivity index (χ2v) is 5.23. The molecule has 0 unspecified atom stereocenters. The third-order valence-electron chi connectivity index (χ3n) is 2.50. The molecule has 4 nitrogen and oxygen atoms in total. The number of carbonyl (C=O) groups is 1. The highest BCUT2D eigenvalue weighted by Gasteiger charge is 2.27. The van der Waals surface area contributed by atoms with Crippen LogP contribution in [-0.4, -0.2) is 31.9 Å². The normalized spacial score (nSPS) is 11.5. The van der Waals surface area contributed by atoms with Gasteiger partial charge in [-0.1, -0.05) is 26.0 Å². The number of ether oxygens (including phenoxy) is 2. The molecule has 124 valence electrons. The molecule has 0 heterocycles. The van der Waals surface area contributed by atoms with Gasteiger partial charge in [0.1, 0.15) is 19.0 Å². The molecule has 0 aliphatic rings. The van der Waals surface area contributed by atoms with Crippen molar-refractivity contribution in [3.8, 4) is 5.75 Å². The Labute approximate surface area is 127 Å². The summed E-state index contributed by atoms with van der Waals surface area (Å²) in [6.07, 6.45) is -4.42. The minimum atomic E-state index is -4.42. The van der Waals surface area contributed by atoms with Gasteiger partial charge in [0.05, 0.1) is 6.61 Å². The summed E-state index contributed by atoms with van der Waals surface area (Å²) in [5, 5.41) is 2.48. The minimum absolute atomic E-state index is 0.221. The lowest BCUT2D eigenvalue weighted by Crippen LogP contribution is -2.29. The van der Waals surface area contributed by atoms with Crippen LogP contribution >= 0.6 is 0 Å². The lowest BCUT2D eigenvalue weighted by atomic mass is 10.2. The van der Waals surface area contributed by atoms with Gasteiger partial charge in [-0.2, -0.15) is 13.2 Å². The van der Waals surface area contributed by atoms with Crippen LogP contribution in [0.2, 0.25) is 0 Å². The fraction of sp³-hybridized carbons (Fsp3) is 0.533. The van der Waals surface area contributed by atoms with E-state index < -0.39 is 25.3 Å². The first kappa shape index (κ1) is 18.3. The molecule has 0 atom stereocenters. The summed E-state index contributed by atoms with van der Waals surface area (Å²) in [5.41, 5.74) is 0.820. The molecule has 0 saturated carbocycles. The van der Waals surface area contributed by atoms with Crippen LogP contribution in [0.3, 0.4) is 0 Å². The van der Waals surface area contributed by atoms with E-state index in [2.05, 4.69) is 10.1 Å². The van der Waals surface area contributed by atoms with E-state index in [1.807, 2.05) is 13.8 Å². The van der Waals surface area contributed by atoms with Crippen molar-refractivity contribution in [1.82, 2.24) is 5.32 Å². The number of carbonyl (C=O) groups excluding carboxylic acids is 1. The molecular weight excluding hydrogens is 299 g/mol. The van der Waals surface area contributed by atoms with Crippen molar-refractivity contribution < 1.29 is 27.4 Å². The zero-order valence-electron chi connectivity index (χ0n) is 12.6. The Morgan fingerprint density at radius 2 is 1.86 bits per heavy atom. The second-order valence-electron chi connectivity index (χ2n) is 5.23. The highest BCUT2D eigenvalue weighted by atomic mass is 19.4. The molecule has 0 bridgehead atoms. The first-order valence-corrected chi connectivity index (χ1v) is 6.89. The maximum absolute atomic E-state index is 11.8. The highest BCUT2D eigenvalue weighted by Crippen LogP contribution is 2.14. The number of hydrogen-bond donors (Lipinski definition) is 1. The van der Waals surface area contributed by atoms with Gasteiger partial charge in [-0.25, -0.2) is 0 Å². The molecule has 0 fully saturated rings. The third-order valence-corrected chi connectivity index (χ3v) is 2.50. The molecule has 1 aromatic carbocycles. The zero-order valence-corrected chi connectivity index (χ0v) is 12.6. The highest BCUT2D eigenvalue weighted by molar-refractivity contribution is 5.77. The molecule has 1 N–H and O–H groups in total. The van der Waals surface area contributed by atoms with E-state index in [4.69, 9.17) is 4.74 Å². The van der Waals surface area contributed by atoms with Gasteiger partial charge in [0, 0.05) is 6.54 Å². The van der Waals surface area contributed by atoms with Crippen LogP contribution in [0.1, 0.15) is 19.4 Å². The van der Waals surface area contributed by atoms with Gasteiger partial charge in [-0.05, 0) is 23.6 Å². The van der Waals surface area contributed by atoms with Crippen molar-refractivity contribution >= 4 is 5.91 Å². The minimum Gasteiger partial charge on any atom is -0.493 e. The summed E-state index contributed by atoms with van der Waals surface area (Å²) in [7, 11) is 0. The Balaban J connectivity index is 2.28. The van der Waals surface area contributed by atoms with Crippen molar-refractivity contribution in [3.63, 3.8) is 0 Å². The van der Waals surface area contributed by atoms with Crippen LogP contribution in [0, 0.1) is 5.92 Å². The fourth-order valence-corrected chi connectivity index (χ4v) is 1.48. The van der Waals surface area contributed by atoms with Crippen LogP contribution < -0.4 is 10.1 Å². The zero-order chi connectivity index (χ0) is 16.6. The molecule has 0 saturated heterocycles. The number of amides is 1. The summed E-state index contributed by atoms with van der Waals surface area (Å²) >= 11 is 0. The fourth-order valence-electron chi connectivity index (χ4n) is 1.48. The molecule has 0 aliphatic carbocycles.